The molecule has 4 aromatic rings. The molecule has 112 valence electrons. The minimum atomic E-state index is 0.350. The van der Waals surface area contributed by atoms with Gasteiger partial charge in [0.25, 0.3) is 0 Å². The number of imidazole rings is 1. The SMILES string of the molecule is Clc1ncnc2c1nc(-c1ccccc1)n2-c1ccc(Br)cc1. The van der Waals surface area contributed by atoms with Crippen LogP contribution in [-0.2, 0) is 0 Å². The molecule has 2 heterocycles. The third-order valence-electron chi connectivity index (χ3n) is 3.52. The van der Waals surface area contributed by atoms with Crippen molar-refractivity contribution in [1.82, 2.24) is 19.5 Å². The van der Waals surface area contributed by atoms with E-state index in [9.17, 15) is 0 Å². The number of nitrogens with zero attached hydrogens (tertiary/aromatic N) is 4. The Hall–Kier alpha value is -2.24. The van der Waals surface area contributed by atoms with Crippen molar-refractivity contribution in [2.75, 3.05) is 0 Å². The molecule has 0 bridgehead atoms. The van der Waals surface area contributed by atoms with Crippen molar-refractivity contribution >= 4 is 38.7 Å². The van der Waals surface area contributed by atoms with Crippen LogP contribution in [-0.4, -0.2) is 19.5 Å². The first-order valence-electron chi connectivity index (χ1n) is 6.94. The van der Waals surface area contributed by atoms with E-state index in [2.05, 4.69) is 30.9 Å². The zero-order valence-electron chi connectivity index (χ0n) is 11.8. The fourth-order valence-corrected chi connectivity index (χ4v) is 2.92. The molecule has 0 saturated carbocycles. The molecule has 0 radical (unpaired) electrons. The van der Waals surface area contributed by atoms with Gasteiger partial charge in [-0.15, -0.1) is 0 Å². The summed E-state index contributed by atoms with van der Waals surface area (Å²) in [6.07, 6.45) is 1.45. The van der Waals surface area contributed by atoms with E-state index in [1.165, 1.54) is 6.33 Å². The number of rotatable bonds is 2. The summed E-state index contributed by atoms with van der Waals surface area (Å²) >= 11 is 9.67. The molecule has 0 saturated heterocycles. The van der Waals surface area contributed by atoms with Crippen molar-refractivity contribution in [3.63, 3.8) is 0 Å². The summed E-state index contributed by atoms with van der Waals surface area (Å²) in [4.78, 5) is 13.1. The van der Waals surface area contributed by atoms with E-state index in [4.69, 9.17) is 11.6 Å². The van der Waals surface area contributed by atoms with Gasteiger partial charge in [-0.05, 0) is 24.3 Å². The largest absolute Gasteiger partial charge is 0.277 e. The minimum Gasteiger partial charge on any atom is -0.277 e. The maximum Gasteiger partial charge on any atom is 0.169 e. The van der Waals surface area contributed by atoms with Crippen LogP contribution in [0.25, 0.3) is 28.2 Å². The van der Waals surface area contributed by atoms with Crippen LogP contribution in [0.1, 0.15) is 0 Å². The lowest BCUT2D eigenvalue weighted by Crippen LogP contribution is -1.98. The highest BCUT2D eigenvalue weighted by Gasteiger charge is 2.17. The maximum atomic E-state index is 6.21. The summed E-state index contributed by atoms with van der Waals surface area (Å²) in [7, 11) is 0. The monoisotopic (exact) mass is 384 g/mol. The number of fused-ring (bicyclic) bond motifs is 1. The molecule has 0 unspecified atom stereocenters. The highest BCUT2D eigenvalue weighted by atomic mass is 79.9. The standard InChI is InChI=1S/C17H10BrClN4/c18-12-6-8-13(9-7-12)23-16(11-4-2-1-3-5-11)22-14-15(19)20-10-21-17(14)23/h1-10H. The maximum absolute atomic E-state index is 6.21. The van der Waals surface area contributed by atoms with Crippen LogP contribution in [0.4, 0.5) is 0 Å². The lowest BCUT2D eigenvalue weighted by molar-refractivity contribution is 1.07. The number of halogens is 2. The van der Waals surface area contributed by atoms with E-state index >= 15 is 0 Å². The van der Waals surface area contributed by atoms with Gasteiger partial charge < -0.3 is 0 Å². The summed E-state index contributed by atoms with van der Waals surface area (Å²) in [5.74, 6) is 0.783. The second kappa shape index (κ2) is 5.76. The van der Waals surface area contributed by atoms with E-state index in [1.54, 1.807) is 0 Å². The zero-order valence-corrected chi connectivity index (χ0v) is 14.2. The predicted molar refractivity (Wildman–Crippen MR) is 94.8 cm³/mol. The number of benzene rings is 2. The normalized spacial score (nSPS) is 11.0. The molecule has 0 aliphatic carbocycles. The average molecular weight is 386 g/mol. The topological polar surface area (TPSA) is 43.6 Å². The Morgan fingerprint density at radius 2 is 1.65 bits per heavy atom. The molecule has 0 atom stereocenters. The summed E-state index contributed by atoms with van der Waals surface area (Å²) in [6, 6.07) is 17.9. The van der Waals surface area contributed by atoms with Crippen LogP contribution in [0.3, 0.4) is 0 Å². The fraction of sp³-hybridized carbons (Fsp3) is 0. The molecule has 2 aromatic heterocycles. The second-order valence-electron chi connectivity index (χ2n) is 4.95. The Labute approximate surface area is 145 Å². The van der Waals surface area contributed by atoms with Gasteiger partial charge in [-0.1, -0.05) is 57.9 Å². The highest BCUT2D eigenvalue weighted by Crippen LogP contribution is 2.30. The molecular weight excluding hydrogens is 376 g/mol. The third kappa shape index (κ3) is 2.52. The van der Waals surface area contributed by atoms with E-state index in [1.807, 2.05) is 59.2 Å². The molecule has 0 fully saturated rings. The predicted octanol–water partition coefficient (Wildman–Crippen LogP) is 4.90. The Kier molecular flexibility index (Phi) is 3.59. The van der Waals surface area contributed by atoms with Gasteiger partial charge in [-0.3, -0.25) is 4.57 Å². The molecular formula is C17H10BrClN4. The molecule has 4 nitrogen and oxygen atoms in total. The average Bonchev–Trinajstić information content (AvgIpc) is 2.97. The molecule has 2 aromatic carbocycles. The zero-order chi connectivity index (χ0) is 15.8. The van der Waals surface area contributed by atoms with Gasteiger partial charge in [0.05, 0.1) is 0 Å². The van der Waals surface area contributed by atoms with Crippen LogP contribution < -0.4 is 0 Å². The molecule has 0 amide bonds. The Morgan fingerprint density at radius 3 is 2.39 bits per heavy atom. The van der Waals surface area contributed by atoms with Crippen molar-refractivity contribution < 1.29 is 0 Å². The molecule has 0 spiro atoms. The van der Waals surface area contributed by atoms with Crippen LogP contribution in [0.5, 0.6) is 0 Å². The van der Waals surface area contributed by atoms with Crippen LogP contribution >= 0.6 is 27.5 Å². The van der Waals surface area contributed by atoms with Gasteiger partial charge in [0.2, 0.25) is 0 Å². The lowest BCUT2D eigenvalue weighted by atomic mass is 10.2. The first-order valence-corrected chi connectivity index (χ1v) is 8.11. The molecule has 4 rings (SSSR count). The molecule has 6 heteroatoms. The quantitative estimate of drug-likeness (QED) is 0.461. The summed E-state index contributed by atoms with van der Waals surface area (Å²) in [5.41, 5.74) is 3.23. The molecule has 0 N–H and O–H groups in total. The Bertz CT molecular complexity index is 981. The number of aromatic nitrogens is 4. The van der Waals surface area contributed by atoms with Gasteiger partial charge in [-0.2, -0.15) is 0 Å². The van der Waals surface area contributed by atoms with E-state index in [0.717, 1.165) is 21.5 Å². The van der Waals surface area contributed by atoms with Gasteiger partial charge in [0.1, 0.15) is 17.7 Å². The van der Waals surface area contributed by atoms with Crippen LogP contribution in [0, 0.1) is 0 Å². The van der Waals surface area contributed by atoms with Crippen molar-refractivity contribution in [1.29, 1.82) is 0 Å². The first-order chi connectivity index (χ1) is 11.2. The van der Waals surface area contributed by atoms with Gasteiger partial charge >= 0.3 is 0 Å². The van der Waals surface area contributed by atoms with Gasteiger partial charge in [-0.25, -0.2) is 15.0 Å². The van der Waals surface area contributed by atoms with Crippen molar-refractivity contribution in [3.8, 4) is 17.1 Å². The van der Waals surface area contributed by atoms with Gasteiger partial charge in [0.15, 0.2) is 10.8 Å². The third-order valence-corrected chi connectivity index (χ3v) is 4.32. The van der Waals surface area contributed by atoms with E-state index in [-0.39, 0.29) is 0 Å². The molecule has 0 aliphatic rings. The summed E-state index contributed by atoms with van der Waals surface area (Å²) in [5, 5.41) is 0.350. The van der Waals surface area contributed by atoms with E-state index < -0.39 is 0 Å². The second-order valence-corrected chi connectivity index (χ2v) is 6.22. The van der Waals surface area contributed by atoms with Gasteiger partial charge in [0, 0.05) is 15.7 Å². The Balaban J connectivity index is 2.07. The molecule has 0 aliphatic heterocycles. The van der Waals surface area contributed by atoms with Crippen molar-refractivity contribution in [3.05, 3.63) is 70.6 Å². The van der Waals surface area contributed by atoms with Crippen LogP contribution in [0.15, 0.2) is 65.4 Å². The summed E-state index contributed by atoms with van der Waals surface area (Å²) in [6.45, 7) is 0. The highest BCUT2D eigenvalue weighted by molar-refractivity contribution is 9.10. The Morgan fingerprint density at radius 1 is 0.913 bits per heavy atom. The number of hydrogen-bond acceptors (Lipinski definition) is 3. The first kappa shape index (κ1) is 14.4. The fourth-order valence-electron chi connectivity index (χ4n) is 2.48. The van der Waals surface area contributed by atoms with Crippen LogP contribution in [0.2, 0.25) is 5.15 Å². The van der Waals surface area contributed by atoms with Crippen molar-refractivity contribution in [2.24, 2.45) is 0 Å². The molecule has 23 heavy (non-hydrogen) atoms. The summed E-state index contributed by atoms with van der Waals surface area (Å²) < 4.78 is 3.00. The minimum absolute atomic E-state index is 0.350. The van der Waals surface area contributed by atoms with Crippen molar-refractivity contribution in [2.45, 2.75) is 0 Å². The smallest absolute Gasteiger partial charge is 0.169 e. The lowest BCUT2D eigenvalue weighted by Gasteiger charge is -2.09. The van der Waals surface area contributed by atoms with E-state index in [0.29, 0.717) is 16.3 Å². The number of hydrogen-bond donors (Lipinski definition) is 0.